The first-order valence-corrected chi connectivity index (χ1v) is 7.64. The largest absolute Gasteiger partial charge is 0.392 e. The third-order valence-electron chi connectivity index (χ3n) is 2.80. The topological polar surface area (TPSA) is 49.3 Å². The number of halogens is 1. The van der Waals surface area contributed by atoms with E-state index in [4.69, 9.17) is 5.11 Å². The van der Waals surface area contributed by atoms with Gasteiger partial charge in [0.1, 0.15) is 5.82 Å². The van der Waals surface area contributed by atoms with Crippen LogP contribution in [0.3, 0.4) is 0 Å². The summed E-state index contributed by atoms with van der Waals surface area (Å²) >= 11 is 1.49. The Bertz CT molecular complexity index is 601. The van der Waals surface area contributed by atoms with E-state index in [1.54, 1.807) is 0 Å². The molecule has 2 aromatic carbocycles. The van der Waals surface area contributed by atoms with Gasteiger partial charge in [0.05, 0.1) is 12.4 Å². The zero-order chi connectivity index (χ0) is 15.1. The van der Waals surface area contributed by atoms with E-state index in [2.05, 4.69) is 5.32 Å². The molecule has 21 heavy (non-hydrogen) atoms. The molecule has 0 fully saturated rings. The number of anilines is 1. The number of rotatable bonds is 6. The van der Waals surface area contributed by atoms with Crippen molar-refractivity contribution in [3.8, 4) is 0 Å². The number of carbonyl (C=O) groups excluding carboxylic acids is 1. The van der Waals surface area contributed by atoms with Gasteiger partial charge in [0.15, 0.2) is 0 Å². The van der Waals surface area contributed by atoms with Crippen molar-refractivity contribution in [2.45, 2.75) is 12.4 Å². The maximum Gasteiger partial charge on any atom is 0.234 e. The lowest BCUT2D eigenvalue weighted by atomic mass is 10.1. The van der Waals surface area contributed by atoms with Crippen molar-refractivity contribution in [2.75, 3.05) is 11.1 Å². The Balaban J connectivity index is 1.77. The summed E-state index contributed by atoms with van der Waals surface area (Å²) < 4.78 is 12.7. The van der Waals surface area contributed by atoms with E-state index in [1.165, 1.54) is 36.0 Å². The molecule has 0 bridgehead atoms. The highest BCUT2D eigenvalue weighted by Crippen LogP contribution is 2.15. The van der Waals surface area contributed by atoms with Crippen LogP contribution in [-0.2, 0) is 17.2 Å². The Labute approximate surface area is 127 Å². The van der Waals surface area contributed by atoms with Gasteiger partial charge in [-0.1, -0.05) is 24.3 Å². The lowest BCUT2D eigenvalue weighted by molar-refractivity contribution is -0.113. The van der Waals surface area contributed by atoms with Gasteiger partial charge in [-0.3, -0.25) is 4.79 Å². The minimum Gasteiger partial charge on any atom is -0.392 e. The first-order chi connectivity index (χ1) is 10.2. The van der Waals surface area contributed by atoms with Crippen LogP contribution in [0, 0.1) is 5.82 Å². The lowest BCUT2D eigenvalue weighted by Crippen LogP contribution is -2.14. The molecule has 2 aromatic rings. The van der Waals surface area contributed by atoms with Crippen LogP contribution in [0.2, 0.25) is 0 Å². The average molecular weight is 305 g/mol. The predicted octanol–water partition coefficient (Wildman–Crippen LogP) is 3.19. The molecule has 2 rings (SSSR count). The van der Waals surface area contributed by atoms with E-state index < -0.39 is 0 Å². The predicted molar refractivity (Wildman–Crippen MR) is 83.6 cm³/mol. The van der Waals surface area contributed by atoms with Crippen LogP contribution in [0.15, 0.2) is 48.5 Å². The molecule has 0 unspecified atom stereocenters. The zero-order valence-corrected chi connectivity index (χ0v) is 12.2. The van der Waals surface area contributed by atoms with Crippen LogP contribution in [0.5, 0.6) is 0 Å². The van der Waals surface area contributed by atoms with Crippen LogP contribution in [0.4, 0.5) is 10.1 Å². The van der Waals surface area contributed by atoms with Gasteiger partial charge in [-0.15, -0.1) is 11.8 Å². The molecular formula is C16H16FNO2S. The molecule has 0 saturated heterocycles. The van der Waals surface area contributed by atoms with Crippen molar-refractivity contribution in [3.05, 3.63) is 65.5 Å². The SMILES string of the molecule is O=C(CSCc1cccc(CO)c1)Nc1ccc(F)cc1. The summed E-state index contributed by atoms with van der Waals surface area (Å²) in [5.74, 6) is 0.571. The summed E-state index contributed by atoms with van der Waals surface area (Å²) in [6, 6.07) is 13.3. The lowest BCUT2D eigenvalue weighted by Gasteiger charge is -2.06. The highest BCUT2D eigenvalue weighted by Gasteiger charge is 2.03. The fraction of sp³-hybridized carbons (Fsp3) is 0.188. The van der Waals surface area contributed by atoms with Crippen LogP contribution >= 0.6 is 11.8 Å². The number of benzene rings is 2. The molecule has 0 aromatic heterocycles. The Hall–Kier alpha value is -1.85. The number of thioether (sulfide) groups is 1. The zero-order valence-electron chi connectivity index (χ0n) is 11.4. The molecule has 0 aliphatic heterocycles. The second-order valence-electron chi connectivity index (χ2n) is 4.53. The summed E-state index contributed by atoms with van der Waals surface area (Å²) in [5, 5.41) is 11.8. The number of hydrogen-bond donors (Lipinski definition) is 2. The van der Waals surface area contributed by atoms with Crippen LogP contribution < -0.4 is 5.32 Å². The van der Waals surface area contributed by atoms with Gasteiger partial charge in [0, 0.05) is 11.4 Å². The molecule has 0 saturated carbocycles. The fourth-order valence-electron chi connectivity index (χ4n) is 1.81. The molecule has 110 valence electrons. The minimum atomic E-state index is -0.328. The van der Waals surface area contributed by atoms with Crippen LogP contribution in [-0.4, -0.2) is 16.8 Å². The molecule has 0 radical (unpaired) electrons. The Morgan fingerprint density at radius 2 is 1.86 bits per heavy atom. The van der Waals surface area contributed by atoms with Crippen molar-refractivity contribution in [2.24, 2.45) is 0 Å². The van der Waals surface area contributed by atoms with Crippen molar-refractivity contribution < 1.29 is 14.3 Å². The van der Waals surface area contributed by atoms with E-state index in [0.29, 0.717) is 17.2 Å². The highest BCUT2D eigenvalue weighted by molar-refractivity contribution is 7.99. The van der Waals surface area contributed by atoms with Gasteiger partial charge in [-0.05, 0) is 35.4 Å². The molecule has 3 nitrogen and oxygen atoms in total. The van der Waals surface area contributed by atoms with E-state index in [0.717, 1.165) is 11.1 Å². The first kappa shape index (κ1) is 15.5. The summed E-state index contributed by atoms with van der Waals surface area (Å²) in [5.41, 5.74) is 2.52. The quantitative estimate of drug-likeness (QED) is 0.861. The summed E-state index contributed by atoms with van der Waals surface area (Å²) in [6.07, 6.45) is 0. The van der Waals surface area contributed by atoms with Gasteiger partial charge >= 0.3 is 0 Å². The first-order valence-electron chi connectivity index (χ1n) is 6.49. The molecule has 0 heterocycles. The van der Waals surface area contributed by atoms with E-state index in [-0.39, 0.29) is 18.3 Å². The van der Waals surface area contributed by atoms with Gasteiger partial charge in [-0.2, -0.15) is 0 Å². The molecule has 0 aliphatic rings. The van der Waals surface area contributed by atoms with Gasteiger partial charge in [-0.25, -0.2) is 4.39 Å². The number of nitrogens with one attached hydrogen (secondary N) is 1. The molecule has 1 amide bonds. The van der Waals surface area contributed by atoms with Crippen molar-refractivity contribution in [3.63, 3.8) is 0 Å². The summed E-state index contributed by atoms with van der Waals surface area (Å²) in [6.45, 7) is 0.0174. The Morgan fingerprint density at radius 3 is 2.57 bits per heavy atom. The number of hydrogen-bond acceptors (Lipinski definition) is 3. The highest BCUT2D eigenvalue weighted by atomic mass is 32.2. The Kier molecular flexibility index (Phi) is 5.78. The molecular weight excluding hydrogens is 289 g/mol. The summed E-state index contributed by atoms with van der Waals surface area (Å²) in [4.78, 5) is 11.7. The van der Waals surface area contributed by atoms with Gasteiger partial charge < -0.3 is 10.4 Å². The van der Waals surface area contributed by atoms with E-state index in [9.17, 15) is 9.18 Å². The smallest absolute Gasteiger partial charge is 0.234 e. The van der Waals surface area contributed by atoms with Crippen molar-refractivity contribution >= 4 is 23.4 Å². The molecule has 0 aliphatic carbocycles. The average Bonchev–Trinajstić information content (AvgIpc) is 2.50. The van der Waals surface area contributed by atoms with Crippen molar-refractivity contribution in [1.29, 1.82) is 0 Å². The number of aliphatic hydroxyl groups excluding tert-OH is 1. The number of amides is 1. The maximum absolute atomic E-state index is 12.7. The molecule has 0 atom stereocenters. The maximum atomic E-state index is 12.7. The second-order valence-corrected chi connectivity index (χ2v) is 5.51. The number of carbonyl (C=O) groups is 1. The molecule has 2 N–H and O–H groups in total. The standard InChI is InChI=1S/C16H16FNO2S/c17-14-4-6-15(7-5-14)18-16(20)11-21-10-13-3-1-2-12(8-13)9-19/h1-8,19H,9-11H2,(H,18,20). The molecule has 0 spiro atoms. The summed E-state index contributed by atoms with van der Waals surface area (Å²) in [7, 11) is 0. The monoisotopic (exact) mass is 305 g/mol. The van der Waals surface area contributed by atoms with E-state index in [1.807, 2.05) is 24.3 Å². The molecule has 5 heteroatoms. The van der Waals surface area contributed by atoms with Crippen LogP contribution in [0.25, 0.3) is 0 Å². The van der Waals surface area contributed by atoms with Gasteiger partial charge in [0.25, 0.3) is 0 Å². The van der Waals surface area contributed by atoms with E-state index >= 15 is 0 Å². The van der Waals surface area contributed by atoms with Crippen LogP contribution in [0.1, 0.15) is 11.1 Å². The van der Waals surface area contributed by atoms with Gasteiger partial charge in [0.2, 0.25) is 5.91 Å². The Morgan fingerprint density at radius 1 is 1.14 bits per heavy atom. The normalized spacial score (nSPS) is 10.4. The second kappa shape index (κ2) is 7.81. The third kappa shape index (κ3) is 5.21. The number of aliphatic hydroxyl groups is 1. The minimum absolute atomic E-state index is 0.0174. The fourth-order valence-corrected chi connectivity index (χ4v) is 2.58. The third-order valence-corrected chi connectivity index (χ3v) is 3.81. The van der Waals surface area contributed by atoms with Crippen molar-refractivity contribution in [1.82, 2.24) is 0 Å².